The number of carbonyl (C=O) groups excluding carboxylic acids is 4. The maximum atomic E-state index is 14.4. The molecular formula is C20H23F2O8-. The average molecular weight is 429 g/mol. The molecule has 0 radical (unpaired) electrons. The lowest BCUT2D eigenvalue weighted by atomic mass is 9.78. The Hall–Kier alpha value is -2.26. The van der Waals surface area contributed by atoms with Crippen LogP contribution in [0.25, 0.3) is 0 Å². The fourth-order valence-corrected chi connectivity index (χ4v) is 5.88. The number of aliphatic carboxylic acids is 1. The lowest BCUT2D eigenvalue weighted by molar-refractivity contribution is -0.338. The summed E-state index contributed by atoms with van der Waals surface area (Å²) in [6.45, 7) is 1.19. The van der Waals surface area contributed by atoms with Gasteiger partial charge in [0.05, 0.1) is 11.8 Å². The molecule has 4 rings (SSSR count). The summed E-state index contributed by atoms with van der Waals surface area (Å²) in [6.07, 6.45) is -0.606. The smallest absolute Gasteiger partial charge is 0.323 e. The Balaban J connectivity index is 1.58. The number of esters is 3. The molecule has 10 heteroatoms. The molecule has 1 aliphatic heterocycles. The normalized spacial score (nSPS) is 36.3. The molecule has 166 valence electrons. The minimum absolute atomic E-state index is 0.307. The highest BCUT2D eigenvalue weighted by Crippen LogP contribution is 2.59. The zero-order valence-corrected chi connectivity index (χ0v) is 16.4. The van der Waals surface area contributed by atoms with E-state index in [-0.39, 0.29) is 5.92 Å². The fourth-order valence-electron chi connectivity index (χ4n) is 5.88. The minimum atomic E-state index is -4.36. The summed E-state index contributed by atoms with van der Waals surface area (Å²) in [4.78, 5) is 47.9. The lowest BCUT2D eigenvalue weighted by Gasteiger charge is -2.37. The second kappa shape index (κ2) is 7.46. The number of halogens is 2. The molecular weight excluding hydrogens is 406 g/mol. The van der Waals surface area contributed by atoms with Gasteiger partial charge in [-0.3, -0.25) is 14.4 Å². The summed E-state index contributed by atoms with van der Waals surface area (Å²) in [7, 11) is 0. The highest BCUT2D eigenvalue weighted by Gasteiger charge is 2.70. The van der Waals surface area contributed by atoms with Gasteiger partial charge in [0, 0.05) is 24.7 Å². The topological polar surface area (TPSA) is 119 Å². The van der Waals surface area contributed by atoms with E-state index in [9.17, 15) is 33.1 Å². The molecule has 0 aromatic carbocycles. The summed E-state index contributed by atoms with van der Waals surface area (Å²) in [5, 5.41) is 11.1. The van der Waals surface area contributed by atoms with Gasteiger partial charge in [-0.15, -0.1) is 0 Å². The van der Waals surface area contributed by atoms with E-state index in [1.165, 1.54) is 6.92 Å². The number of alkyl halides is 2. The molecule has 0 spiro atoms. The van der Waals surface area contributed by atoms with Gasteiger partial charge in [0.25, 0.3) is 0 Å². The van der Waals surface area contributed by atoms with Crippen molar-refractivity contribution in [2.45, 2.75) is 69.7 Å². The van der Waals surface area contributed by atoms with E-state index < -0.39 is 71.8 Å². The Morgan fingerprint density at radius 2 is 1.83 bits per heavy atom. The first kappa shape index (κ1) is 21.0. The molecule has 3 saturated carbocycles. The van der Waals surface area contributed by atoms with Crippen LogP contribution in [0.4, 0.5) is 8.78 Å². The van der Waals surface area contributed by atoms with Crippen LogP contribution in [0.2, 0.25) is 0 Å². The van der Waals surface area contributed by atoms with Crippen LogP contribution in [0.15, 0.2) is 0 Å². The molecule has 7 unspecified atom stereocenters. The summed E-state index contributed by atoms with van der Waals surface area (Å²) < 4.78 is 44.6. The molecule has 0 aromatic heterocycles. The van der Waals surface area contributed by atoms with E-state index in [1.807, 2.05) is 0 Å². The highest BCUT2D eigenvalue weighted by atomic mass is 19.3. The van der Waals surface area contributed by atoms with Crippen molar-refractivity contribution < 1.29 is 47.3 Å². The third-order valence-corrected chi connectivity index (χ3v) is 7.07. The van der Waals surface area contributed by atoms with Gasteiger partial charge in [0.1, 0.15) is 18.2 Å². The van der Waals surface area contributed by atoms with Crippen molar-refractivity contribution in [3.63, 3.8) is 0 Å². The maximum absolute atomic E-state index is 14.4. The van der Waals surface area contributed by atoms with Crippen molar-refractivity contribution in [1.29, 1.82) is 0 Å². The molecule has 1 saturated heterocycles. The molecule has 4 aliphatic rings. The van der Waals surface area contributed by atoms with Crippen molar-refractivity contribution in [1.82, 2.24) is 0 Å². The van der Waals surface area contributed by atoms with Gasteiger partial charge in [0.2, 0.25) is 0 Å². The van der Waals surface area contributed by atoms with Crippen LogP contribution in [0, 0.1) is 29.6 Å². The lowest BCUT2D eigenvalue weighted by Crippen LogP contribution is -2.55. The minimum Gasteiger partial charge on any atom is -0.544 e. The molecule has 1 heterocycles. The molecule has 4 fully saturated rings. The molecule has 2 bridgehead atoms. The van der Waals surface area contributed by atoms with Crippen LogP contribution in [-0.4, -0.2) is 48.1 Å². The van der Waals surface area contributed by atoms with Crippen LogP contribution >= 0.6 is 0 Å². The van der Waals surface area contributed by atoms with E-state index in [0.29, 0.717) is 32.1 Å². The zero-order chi connectivity index (χ0) is 21.8. The van der Waals surface area contributed by atoms with E-state index in [2.05, 4.69) is 0 Å². The zero-order valence-electron chi connectivity index (χ0n) is 16.4. The summed E-state index contributed by atoms with van der Waals surface area (Å²) in [6, 6.07) is 0. The second-order valence-corrected chi connectivity index (χ2v) is 8.76. The van der Waals surface area contributed by atoms with Crippen molar-refractivity contribution in [3.05, 3.63) is 0 Å². The van der Waals surface area contributed by atoms with E-state index in [4.69, 9.17) is 14.2 Å². The van der Waals surface area contributed by atoms with Crippen LogP contribution in [0.1, 0.15) is 45.4 Å². The first-order chi connectivity index (χ1) is 14.1. The van der Waals surface area contributed by atoms with Crippen LogP contribution in [0.3, 0.4) is 0 Å². The van der Waals surface area contributed by atoms with E-state index >= 15 is 0 Å². The third kappa shape index (κ3) is 3.24. The standard InChI is InChI=1S/C20H24F2O8/c1-8(23)28-14-10-7-11-12(17(24)29-15(11)14)13(10)18(25)30-16(20(21,22)19(26)27)9-5-3-2-4-6-9/h9-16H,2-7H2,1H3,(H,26,27)/p-1. The number of carboxylic acid groups (broad SMARTS) is 1. The maximum Gasteiger partial charge on any atom is 0.323 e. The number of ether oxygens (including phenoxy) is 3. The van der Waals surface area contributed by atoms with Gasteiger partial charge < -0.3 is 24.1 Å². The fraction of sp³-hybridized carbons (Fsp3) is 0.800. The molecule has 30 heavy (non-hydrogen) atoms. The van der Waals surface area contributed by atoms with Crippen molar-refractivity contribution in [2.75, 3.05) is 0 Å². The first-order valence-corrected chi connectivity index (χ1v) is 10.3. The molecule has 7 atom stereocenters. The van der Waals surface area contributed by atoms with Gasteiger partial charge >= 0.3 is 23.8 Å². The molecule has 0 aromatic rings. The second-order valence-electron chi connectivity index (χ2n) is 8.76. The van der Waals surface area contributed by atoms with Crippen molar-refractivity contribution >= 4 is 23.9 Å². The molecule has 0 amide bonds. The molecule has 8 nitrogen and oxygen atoms in total. The number of carbonyl (C=O) groups is 4. The van der Waals surface area contributed by atoms with Gasteiger partial charge in [-0.2, -0.15) is 8.78 Å². The Morgan fingerprint density at radius 3 is 2.43 bits per heavy atom. The summed E-state index contributed by atoms with van der Waals surface area (Å²) in [5.74, 6) is -13.0. The number of carboxylic acids is 1. The number of fused-ring (bicyclic) bond motifs is 1. The predicted octanol–water partition coefficient (Wildman–Crippen LogP) is 0.603. The van der Waals surface area contributed by atoms with E-state index in [0.717, 1.165) is 6.42 Å². The van der Waals surface area contributed by atoms with E-state index in [1.54, 1.807) is 0 Å². The number of rotatable bonds is 6. The van der Waals surface area contributed by atoms with Gasteiger partial charge in [-0.1, -0.05) is 19.3 Å². The Labute approximate surface area is 171 Å². The van der Waals surface area contributed by atoms with Crippen LogP contribution in [0.5, 0.6) is 0 Å². The third-order valence-electron chi connectivity index (χ3n) is 7.07. The quantitative estimate of drug-likeness (QED) is 0.445. The summed E-state index contributed by atoms with van der Waals surface area (Å²) in [5.41, 5.74) is 0. The van der Waals surface area contributed by atoms with Crippen LogP contribution < -0.4 is 5.11 Å². The number of hydrogen-bond donors (Lipinski definition) is 0. The van der Waals surface area contributed by atoms with Gasteiger partial charge in [-0.25, -0.2) is 0 Å². The molecule has 3 aliphatic carbocycles. The van der Waals surface area contributed by atoms with Crippen molar-refractivity contribution in [3.8, 4) is 0 Å². The Morgan fingerprint density at radius 1 is 1.17 bits per heavy atom. The van der Waals surface area contributed by atoms with Crippen molar-refractivity contribution in [2.24, 2.45) is 29.6 Å². The highest BCUT2D eigenvalue weighted by molar-refractivity contribution is 5.86. The first-order valence-electron chi connectivity index (χ1n) is 10.3. The van der Waals surface area contributed by atoms with Gasteiger partial charge in [0.15, 0.2) is 6.10 Å². The Kier molecular flexibility index (Phi) is 5.22. The van der Waals surface area contributed by atoms with Gasteiger partial charge in [-0.05, 0) is 19.3 Å². The predicted molar refractivity (Wildman–Crippen MR) is 90.4 cm³/mol. The SMILES string of the molecule is CC(=O)OC1C2CC3C1OC(=O)C3C2C(=O)OC(C1CCCCC1)C(F)(F)C(=O)[O-]. The molecule has 0 N–H and O–H groups in total. The van der Waals surface area contributed by atoms with Crippen LogP contribution in [-0.2, 0) is 33.4 Å². The average Bonchev–Trinajstić information content (AvgIpc) is 3.29. The monoisotopic (exact) mass is 429 g/mol. The number of hydrogen-bond acceptors (Lipinski definition) is 8. The largest absolute Gasteiger partial charge is 0.544 e. The summed E-state index contributed by atoms with van der Waals surface area (Å²) >= 11 is 0. The Bertz CT molecular complexity index is 762.